The Morgan fingerprint density at radius 3 is 2.76 bits per heavy atom. The van der Waals surface area contributed by atoms with E-state index in [-0.39, 0.29) is 35.9 Å². The van der Waals surface area contributed by atoms with E-state index in [0.717, 1.165) is 19.4 Å². The summed E-state index contributed by atoms with van der Waals surface area (Å²) in [4.78, 5) is 26.8. The Kier molecular flexibility index (Phi) is 4.20. The minimum atomic E-state index is -0.370. The molecule has 4 atom stereocenters. The molecule has 0 bridgehead atoms. The van der Waals surface area contributed by atoms with Gasteiger partial charge in [0.1, 0.15) is 6.04 Å². The van der Waals surface area contributed by atoms with Crippen molar-refractivity contribution in [1.82, 2.24) is 10.2 Å². The zero-order valence-electron chi connectivity index (χ0n) is 13.0. The molecule has 3 fully saturated rings. The van der Waals surface area contributed by atoms with E-state index in [1.807, 2.05) is 11.8 Å². The summed E-state index contributed by atoms with van der Waals surface area (Å²) in [5, 5.41) is 2.92. The van der Waals surface area contributed by atoms with Gasteiger partial charge in [0.2, 0.25) is 11.8 Å². The molecule has 3 rings (SSSR count). The first-order valence-electron chi connectivity index (χ1n) is 8.33. The maximum Gasteiger partial charge on any atom is 0.245 e. The molecule has 118 valence electrons. The number of hydrogen-bond acceptors (Lipinski definition) is 3. The fraction of sp³-hybridized carbons (Fsp3) is 0.875. The molecule has 3 aliphatic rings. The molecule has 2 saturated heterocycles. The summed E-state index contributed by atoms with van der Waals surface area (Å²) in [5.41, 5.74) is 0. The van der Waals surface area contributed by atoms with Crippen LogP contribution >= 0.6 is 0 Å². The first-order valence-corrected chi connectivity index (χ1v) is 8.33. The van der Waals surface area contributed by atoms with Crippen molar-refractivity contribution in [3.8, 4) is 0 Å². The molecular weight excluding hydrogens is 268 g/mol. The summed E-state index contributed by atoms with van der Waals surface area (Å²) in [7, 11) is 0. The van der Waals surface area contributed by atoms with Crippen LogP contribution < -0.4 is 5.32 Å². The maximum absolute atomic E-state index is 12.9. The highest BCUT2D eigenvalue weighted by Gasteiger charge is 2.46. The van der Waals surface area contributed by atoms with E-state index < -0.39 is 0 Å². The molecule has 1 saturated carbocycles. The van der Waals surface area contributed by atoms with Crippen molar-refractivity contribution in [2.75, 3.05) is 13.2 Å². The van der Waals surface area contributed by atoms with E-state index in [2.05, 4.69) is 12.2 Å². The van der Waals surface area contributed by atoms with E-state index in [1.54, 1.807) is 0 Å². The van der Waals surface area contributed by atoms with Gasteiger partial charge in [0.25, 0.3) is 0 Å². The van der Waals surface area contributed by atoms with Crippen molar-refractivity contribution in [2.24, 2.45) is 11.8 Å². The average Bonchev–Trinajstić information content (AvgIpc) is 3.24. The molecule has 1 aliphatic carbocycles. The van der Waals surface area contributed by atoms with E-state index >= 15 is 0 Å². The lowest BCUT2D eigenvalue weighted by atomic mass is 9.96. The quantitative estimate of drug-likeness (QED) is 0.850. The number of nitrogens with zero attached hydrogens (tertiary/aromatic N) is 1. The first-order chi connectivity index (χ1) is 10.1. The molecule has 4 unspecified atom stereocenters. The fourth-order valence-corrected chi connectivity index (χ4v) is 3.58. The third-order valence-corrected chi connectivity index (χ3v) is 5.25. The highest BCUT2D eigenvalue weighted by atomic mass is 16.5. The number of hydrogen-bond donors (Lipinski definition) is 1. The SMILES string of the molecule is CCC(C)C1NC(=O)CCN(C2CCOC2C2CC2)C1=O. The predicted molar refractivity (Wildman–Crippen MR) is 78.6 cm³/mol. The molecule has 0 aromatic heterocycles. The summed E-state index contributed by atoms with van der Waals surface area (Å²) >= 11 is 0. The number of nitrogens with one attached hydrogen (secondary N) is 1. The van der Waals surface area contributed by atoms with E-state index in [1.165, 1.54) is 12.8 Å². The zero-order valence-corrected chi connectivity index (χ0v) is 13.0. The highest BCUT2D eigenvalue weighted by molar-refractivity contribution is 5.90. The van der Waals surface area contributed by atoms with Crippen LogP contribution in [0, 0.1) is 11.8 Å². The lowest BCUT2D eigenvalue weighted by Gasteiger charge is -2.34. The maximum atomic E-state index is 12.9. The minimum absolute atomic E-state index is 0.00182. The summed E-state index contributed by atoms with van der Waals surface area (Å²) in [6, 6.07) is -0.199. The Morgan fingerprint density at radius 1 is 1.33 bits per heavy atom. The zero-order chi connectivity index (χ0) is 15.0. The standard InChI is InChI=1S/C16H26N2O3/c1-3-10(2)14-16(20)18(8-6-13(19)17-14)12-7-9-21-15(12)11-4-5-11/h10-12,14-15H,3-9H2,1-2H3,(H,17,19). The van der Waals surface area contributed by atoms with Gasteiger partial charge in [-0.1, -0.05) is 20.3 Å². The number of carbonyl (C=O) groups excluding carboxylic acids is 2. The van der Waals surface area contributed by atoms with Crippen molar-refractivity contribution in [3.05, 3.63) is 0 Å². The number of rotatable bonds is 4. The van der Waals surface area contributed by atoms with Crippen LogP contribution in [0.5, 0.6) is 0 Å². The third kappa shape index (κ3) is 2.93. The Morgan fingerprint density at radius 2 is 2.10 bits per heavy atom. The monoisotopic (exact) mass is 294 g/mol. The van der Waals surface area contributed by atoms with Crippen LogP contribution in [0.15, 0.2) is 0 Å². The molecule has 5 heteroatoms. The number of ether oxygens (including phenoxy) is 1. The molecular formula is C16H26N2O3. The van der Waals surface area contributed by atoms with E-state index in [4.69, 9.17) is 4.74 Å². The largest absolute Gasteiger partial charge is 0.376 e. The minimum Gasteiger partial charge on any atom is -0.376 e. The third-order valence-electron chi connectivity index (χ3n) is 5.25. The van der Waals surface area contributed by atoms with Crippen molar-refractivity contribution in [1.29, 1.82) is 0 Å². The van der Waals surface area contributed by atoms with Gasteiger partial charge in [-0.2, -0.15) is 0 Å². The van der Waals surface area contributed by atoms with Gasteiger partial charge in [0.15, 0.2) is 0 Å². The van der Waals surface area contributed by atoms with Crippen LogP contribution in [0.4, 0.5) is 0 Å². The summed E-state index contributed by atoms with van der Waals surface area (Å²) in [5.74, 6) is 0.886. The summed E-state index contributed by atoms with van der Waals surface area (Å²) < 4.78 is 5.88. The Balaban J connectivity index is 1.79. The molecule has 2 amide bonds. The van der Waals surface area contributed by atoms with Gasteiger partial charge in [0, 0.05) is 19.6 Å². The molecule has 0 aromatic rings. The summed E-state index contributed by atoms with van der Waals surface area (Å²) in [6.45, 7) is 5.38. The molecule has 21 heavy (non-hydrogen) atoms. The van der Waals surface area contributed by atoms with Crippen LogP contribution in [-0.2, 0) is 14.3 Å². The molecule has 0 spiro atoms. The highest BCUT2D eigenvalue weighted by Crippen LogP contribution is 2.40. The predicted octanol–water partition coefficient (Wildman–Crippen LogP) is 1.32. The normalized spacial score (nSPS) is 35.5. The topological polar surface area (TPSA) is 58.6 Å². The molecule has 1 N–H and O–H groups in total. The molecule has 2 heterocycles. The van der Waals surface area contributed by atoms with Crippen molar-refractivity contribution < 1.29 is 14.3 Å². The van der Waals surface area contributed by atoms with Crippen LogP contribution in [0.2, 0.25) is 0 Å². The van der Waals surface area contributed by atoms with Gasteiger partial charge in [-0.25, -0.2) is 0 Å². The van der Waals surface area contributed by atoms with Gasteiger partial charge < -0.3 is 15.0 Å². The van der Waals surface area contributed by atoms with Gasteiger partial charge >= 0.3 is 0 Å². The van der Waals surface area contributed by atoms with Crippen LogP contribution in [-0.4, -0.2) is 48.1 Å². The molecule has 2 aliphatic heterocycles. The second kappa shape index (κ2) is 5.95. The van der Waals surface area contributed by atoms with Gasteiger partial charge in [0.05, 0.1) is 12.1 Å². The lowest BCUT2D eigenvalue weighted by molar-refractivity contribution is -0.138. The van der Waals surface area contributed by atoms with Crippen LogP contribution in [0.3, 0.4) is 0 Å². The van der Waals surface area contributed by atoms with Gasteiger partial charge in [-0.15, -0.1) is 0 Å². The van der Waals surface area contributed by atoms with Crippen LogP contribution in [0.1, 0.15) is 46.0 Å². The first kappa shape index (κ1) is 14.8. The Hall–Kier alpha value is -1.10. The van der Waals surface area contributed by atoms with Crippen molar-refractivity contribution in [3.63, 3.8) is 0 Å². The van der Waals surface area contributed by atoms with Crippen molar-refractivity contribution in [2.45, 2.75) is 64.1 Å². The Bertz CT molecular complexity index is 422. The second-order valence-corrected chi connectivity index (χ2v) is 6.74. The second-order valence-electron chi connectivity index (χ2n) is 6.74. The van der Waals surface area contributed by atoms with Gasteiger partial charge in [-0.3, -0.25) is 9.59 Å². The van der Waals surface area contributed by atoms with E-state index in [0.29, 0.717) is 18.9 Å². The van der Waals surface area contributed by atoms with Gasteiger partial charge in [-0.05, 0) is 31.1 Å². The fourth-order valence-electron chi connectivity index (χ4n) is 3.58. The Labute approximate surface area is 126 Å². The smallest absolute Gasteiger partial charge is 0.245 e. The summed E-state index contributed by atoms with van der Waals surface area (Å²) in [6.07, 6.45) is 4.84. The van der Waals surface area contributed by atoms with Crippen LogP contribution in [0.25, 0.3) is 0 Å². The molecule has 0 aromatic carbocycles. The number of carbonyl (C=O) groups is 2. The number of amides is 2. The molecule has 0 radical (unpaired) electrons. The average molecular weight is 294 g/mol. The van der Waals surface area contributed by atoms with E-state index in [9.17, 15) is 9.59 Å². The molecule has 5 nitrogen and oxygen atoms in total. The van der Waals surface area contributed by atoms with Crippen molar-refractivity contribution >= 4 is 11.8 Å². The lowest BCUT2D eigenvalue weighted by Crippen LogP contribution is -2.53.